The van der Waals surface area contributed by atoms with Gasteiger partial charge in [0, 0.05) is 5.41 Å². The topological polar surface area (TPSA) is 68.3 Å². The standard InChI is InChI=1S/C10H12O4S2/c1-3-15(11,12)9-7-5-6-8-10(9)16(13,14)4-2/h3,5-8H,1,4H2,2H3. The molecule has 0 aromatic heterocycles. The van der Waals surface area contributed by atoms with Gasteiger partial charge in [0.15, 0.2) is 9.84 Å². The number of hydrogen-bond donors (Lipinski definition) is 0. The Morgan fingerprint density at radius 2 is 1.62 bits per heavy atom. The minimum Gasteiger partial charge on any atom is -0.224 e. The third kappa shape index (κ3) is 2.33. The average Bonchev–Trinajstić information content (AvgIpc) is 2.29. The summed E-state index contributed by atoms with van der Waals surface area (Å²) < 4.78 is 46.6. The zero-order valence-electron chi connectivity index (χ0n) is 8.75. The summed E-state index contributed by atoms with van der Waals surface area (Å²) in [6.45, 7) is 4.64. The lowest BCUT2D eigenvalue weighted by Crippen LogP contribution is -2.09. The highest BCUT2D eigenvalue weighted by Gasteiger charge is 2.22. The Morgan fingerprint density at radius 3 is 2.06 bits per heavy atom. The van der Waals surface area contributed by atoms with Crippen LogP contribution in [-0.2, 0) is 19.7 Å². The van der Waals surface area contributed by atoms with E-state index in [0.29, 0.717) is 0 Å². The second kappa shape index (κ2) is 4.39. The minimum atomic E-state index is -3.74. The van der Waals surface area contributed by atoms with Crippen LogP contribution in [0.15, 0.2) is 46.0 Å². The molecule has 1 rings (SSSR count). The maximum Gasteiger partial charge on any atom is 0.200 e. The van der Waals surface area contributed by atoms with Gasteiger partial charge >= 0.3 is 0 Å². The molecule has 4 nitrogen and oxygen atoms in total. The molecule has 16 heavy (non-hydrogen) atoms. The first-order chi connectivity index (χ1) is 7.35. The van der Waals surface area contributed by atoms with Crippen molar-refractivity contribution >= 4 is 19.7 Å². The van der Waals surface area contributed by atoms with E-state index in [-0.39, 0.29) is 15.5 Å². The van der Waals surface area contributed by atoms with Crippen LogP contribution in [0.1, 0.15) is 6.92 Å². The van der Waals surface area contributed by atoms with E-state index in [4.69, 9.17) is 0 Å². The molecule has 0 aliphatic rings. The molecule has 0 unspecified atom stereocenters. The summed E-state index contributed by atoms with van der Waals surface area (Å²) >= 11 is 0. The molecule has 0 N–H and O–H groups in total. The lowest BCUT2D eigenvalue weighted by atomic mass is 10.4. The molecule has 0 fully saturated rings. The molecular weight excluding hydrogens is 248 g/mol. The summed E-state index contributed by atoms with van der Waals surface area (Å²) in [7, 11) is -7.29. The highest BCUT2D eigenvalue weighted by molar-refractivity contribution is 7.96. The van der Waals surface area contributed by atoms with Gasteiger partial charge < -0.3 is 0 Å². The monoisotopic (exact) mass is 260 g/mol. The largest absolute Gasteiger partial charge is 0.224 e. The molecule has 0 heterocycles. The van der Waals surface area contributed by atoms with Gasteiger partial charge in [-0.3, -0.25) is 0 Å². The van der Waals surface area contributed by atoms with Crippen molar-refractivity contribution in [3.05, 3.63) is 36.3 Å². The third-order valence-corrected chi connectivity index (χ3v) is 5.41. The maximum absolute atomic E-state index is 11.7. The van der Waals surface area contributed by atoms with E-state index in [0.717, 1.165) is 5.41 Å². The van der Waals surface area contributed by atoms with Crippen LogP contribution in [0, 0.1) is 0 Å². The molecule has 0 saturated heterocycles. The minimum absolute atomic E-state index is 0.142. The normalized spacial score (nSPS) is 12.3. The van der Waals surface area contributed by atoms with E-state index in [9.17, 15) is 16.8 Å². The van der Waals surface area contributed by atoms with Crippen molar-refractivity contribution in [2.45, 2.75) is 16.7 Å². The van der Waals surface area contributed by atoms with Crippen molar-refractivity contribution in [3.8, 4) is 0 Å². The van der Waals surface area contributed by atoms with Crippen LogP contribution in [0.5, 0.6) is 0 Å². The maximum atomic E-state index is 11.7. The molecule has 0 bridgehead atoms. The predicted molar refractivity (Wildman–Crippen MR) is 61.6 cm³/mol. The number of sulfone groups is 2. The fourth-order valence-corrected chi connectivity index (χ4v) is 3.68. The van der Waals surface area contributed by atoms with Gasteiger partial charge in [-0.2, -0.15) is 0 Å². The SMILES string of the molecule is C=CS(=O)(=O)c1ccccc1S(=O)(=O)CC. The molecule has 0 saturated carbocycles. The summed E-state index contributed by atoms with van der Waals surface area (Å²) in [5.74, 6) is -0.142. The summed E-state index contributed by atoms with van der Waals surface area (Å²) in [4.78, 5) is -0.385. The van der Waals surface area contributed by atoms with Crippen LogP contribution in [0.4, 0.5) is 0 Å². The summed E-state index contributed by atoms with van der Waals surface area (Å²) in [6, 6.07) is 5.52. The summed E-state index contributed by atoms with van der Waals surface area (Å²) in [6.07, 6.45) is 0. The number of hydrogen-bond acceptors (Lipinski definition) is 4. The van der Waals surface area contributed by atoms with Crippen LogP contribution in [0.25, 0.3) is 0 Å². The van der Waals surface area contributed by atoms with E-state index in [1.54, 1.807) is 0 Å². The molecule has 0 amide bonds. The molecule has 88 valence electrons. The number of benzene rings is 1. The van der Waals surface area contributed by atoms with E-state index < -0.39 is 19.7 Å². The molecule has 6 heteroatoms. The fraction of sp³-hybridized carbons (Fsp3) is 0.200. The molecule has 0 radical (unpaired) electrons. The smallest absolute Gasteiger partial charge is 0.200 e. The lowest BCUT2D eigenvalue weighted by molar-refractivity contribution is 0.587. The Balaban J connectivity index is 3.63. The number of rotatable bonds is 4. The van der Waals surface area contributed by atoms with E-state index >= 15 is 0 Å². The third-order valence-electron chi connectivity index (χ3n) is 2.09. The van der Waals surface area contributed by atoms with Crippen LogP contribution in [-0.4, -0.2) is 22.6 Å². The van der Waals surface area contributed by atoms with Crippen molar-refractivity contribution < 1.29 is 16.8 Å². The van der Waals surface area contributed by atoms with Gasteiger partial charge in [-0.1, -0.05) is 25.6 Å². The van der Waals surface area contributed by atoms with E-state index in [2.05, 4.69) is 6.58 Å². The Kier molecular flexibility index (Phi) is 3.54. The van der Waals surface area contributed by atoms with E-state index in [1.807, 2.05) is 0 Å². The van der Waals surface area contributed by atoms with Gasteiger partial charge in [-0.15, -0.1) is 0 Å². The van der Waals surface area contributed by atoms with Crippen molar-refractivity contribution in [1.29, 1.82) is 0 Å². The Hall–Kier alpha value is -1.14. The molecule has 0 aliphatic heterocycles. The highest BCUT2D eigenvalue weighted by atomic mass is 32.2. The summed E-state index contributed by atoms with van der Waals surface area (Å²) in [5.41, 5.74) is 0. The first kappa shape index (κ1) is 12.9. The van der Waals surface area contributed by atoms with Crippen molar-refractivity contribution in [2.75, 3.05) is 5.75 Å². The van der Waals surface area contributed by atoms with Gasteiger partial charge in [0.25, 0.3) is 0 Å². The predicted octanol–water partition coefficient (Wildman–Crippen LogP) is 1.40. The lowest BCUT2D eigenvalue weighted by Gasteiger charge is -2.07. The Bertz CT molecular complexity index is 597. The quantitative estimate of drug-likeness (QED) is 0.820. The van der Waals surface area contributed by atoms with Crippen LogP contribution in [0.2, 0.25) is 0 Å². The van der Waals surface area contributed by atoms with Gasteiger partial charge in [-0.05, 0) is 12.1 Å². The van der Waals surface area contributed by atoms with Gasteiger partial charge in [-0.25, -0.2) is 16.8 Å². The van der Waals surface area contributed by atoms with Crippen molar-refractivity contribution in [3.63, 3.8) is 0 Å². The van der Waals surface area contributed by atoms with Crippen molar-refractivity contribution in [2.24, 2.45) is 0 Å². The summed E-state index contributed by atoms with van der Waals surface area (Å²) in [5, 5.41) is 0.747. The van der Waals surface area contributed by atoms with Crippen molar-refractivity contribution in [1.82, 2.24) is 0 Å². The zero-order valence-corrected chi connectivity index (χ0v) is 10.4. The molecule has 0 atom stereocenters. The molecule has 0 spiro atoms. The van der Waals surface area contributed by atoms with Crippen LogP contribution in [0.3, 0.4) is 0 Å². The second-order valence-corrected chi connectivity index (χ2v) is 7.17. The van der Waals surface area contributed by atoms with E-state index in [1.165, 1.54) is 31.2 Å². The Labute approximate surface area is 95.5 Å². The zero-order chi connectivity index (χ0) is 12.4. The first-order valence-corrected chi connectivity index (χ1v) is 7.74. The average molecular weight is 260 g/mol. The van der Waals surface area contributed by atoms with Gasteiger partial charge in [0.1, 0.15) is 0 Å². The molecule has 0 aliphatic carbocycles. The van der Waals surface area contributed by atoms with Crippen LogP contribution >= 0.6 is 0 Å². The molecule has 1 aromatic carbocycles. The second-order valence-electron chi connectivity index (χ2n) is 3.06. The van der Waals surface area contributed by atoms with Crippen LogP contribution < -0.4 is 0 Å². The van der Waals surface area contributed by atoms with Gasteiger partial charge in [0.05, 0.1) is 15.5 Å². The molecule has 1 aromatic rings. The Morgan fingerprint density at radius 1 is 1.12 bits per heavy atom. The fourth-order valence-electron chi connectivity index (χ4n) is 1.19. The molecular formula is C10H12O4S2. The van der Waals surface area contributed by atoms with Gasteiger partial charge in [0.2, 0.25) is 9.84 Å². The first-order valence-electron chi connectivity index (χ1n) is 4.54. The highest BCUT2D eigenvalue weighted by Crippen LogP contribution is 2.23.